The molecule has 0 aliphatic heterocycles. The van der Waals surface area contributed by atoms with Crippen molar-refractivity contribution in [1.82, 2.24) is 0 Å². The van der Waals surface area contributed by atoms with Crippen LogP contribution in [0.1, 0.15) is 57.1 Å². The number of halogens is 1. The summed E-state index contributed by atoms with van der Waals surface area (Å²) in [5, 5.41) is 0. The van der Waals surface area contributed by atoms with Crippen molar-refractivity contribution in [3.05, 3.63) is 40.4 Å². The van der Waals surface area contributed by atoms with Gasteiger partial charge in [0.25, 0.3) is 0 Å². The second-order valence-electron chi connectivity index (χ2n) is 6.73. The van der Waals surface area contributed by atoms with E-state index in [-0.39, 0.29) is 5.97 Å². The van der Waals surface area contributed by atoms with Crippen molar-refractivity contribution >= 4 is 21.9 Å². The lowest BCUT2D eigenvalue weighted by Gasteiger charge is -2.27. The third-order valence-electron chi connectivity index (χ3n) is 3.87. The van der Waals surface area contributed by atoms with Crippen LogP contribution >= 0.6 is 15.9 Å². The van der Waals surface area contributed by atoms with E-state index < -0.39 is 5.41 Å². The first-order valence-corrected chi connectivity index (χ1v) is 8.27. The number of allylic oxidation sites excluding steroid dienone is 1. The summed E-state index contributed by atoms with van der Waals surface area (Å²) in [5.74, 6) is 0.959. The van der Waals surface area contributed by atoms with Crippen LogP contribution in [0.25, 0.3) is 0 Å². The maximum absolute atomic E-state index is 12.0. The minimum Gasteiger partial charge on any atom is -0.426 e. The van der Waals surface area contributed by atoms with Gasteiger partial charge < -0.3 is 4.74 Å². The number of fused-ring (bicyclic) bond motifs is 1. The molecule has 0 fully saturated rings. The number of ether oxygens (including phenoxy) is 1. The Hall–Kier alpha value is -1.09. The number of hydrogen-bond acceptors (Lipinski definition) is 2. The van der Waals surface area contributed by atoms with Gasteiger partial charge in [-0.05, 0) is 75.6 Å². The Morgan fingerprint density at radius 2 is 2.19 bits per heavy atom. The van der Waals surface area contributed by atoms with E-state index in [1.54, 1.807) is 0 Å². The van der Waals surface area contributed by atoms with Crippen LogP contribution in [-0.2, 0) is 11.2 Å². The van der Waals surface area contributed by atoms with Crippen LogP contribution in [0.15, 0.2) is 29.3 Å². The predicted octanol–water partition coefficient (Wildman–Crippen LogP) is 5.40. The summed E-state index contributed by atoms with van der Waals surface area (Å²) in [6.07, 6.45) is 6.39. The third kappa shape index (κ3) is 3.76. The molecule has 2 nitrogen and oxygen atoms in total. The first kappa shape index (κ1) is 16.3. The molecule has 114 valence electrons. The largest absolute Gasteiger partial charge is 0.426 e. The summed E-state index contributed by atoms with van der Waals surface area (Å²) in [5.41, 5.74) is 2.16. The van der Waals surface area contributed by atoms with Crippen LogP contribution in [0.2, 0.25) is 0 Å². The molecule has 0 saturated heterocycles. The number of aryl methyl sites for hydroxylation is 1. The molecule has 1 unspecified atom stereocenters. The van der Waals surface area contributed by atoms with Crippen molar-refractivity contribution in [3.8, 4) is 5.75 Å². The van der Waals surface area contributed by atoms with Crippen molar-refractivity contribution in [2.75, 3.05) is 0 Å². The van der Waals surface area contributed by atoms with Crippen LogP contribution in [0.5, 0.6) is 5.75 Å². The summed E-state index contributed by atoms with van der Waals surface area (Å²) in [6, 6.07) is 3.95. The molecule has 0 N–H and O–H groups in total. The lowest BCUT2D eigenvalue weighted by atomic mass is 9.81. The smallest absolute Gasteiger partial charge is 0.316 e. The topological polar surface area (TPSA) is 26.3 Å². The molecule has 1 aliphatic carbocycles. The predicted molar refractivity (Wildman–Crippen MR) is 89.7 cm³/mol. The van der Waals surface area contributed by atoms with Gasteiger partial charge in [0.2, 0.25) is 0 Å². The Bertz CT molecular complexity index is 555. The maximum Gasteiger partial charge on any atom is 0.316 e. The summed E-state index contributed by atoms with van der Waals surface area (Å²) >= 11 is 3.66. The fraction of sp³-hybridized carbons (Fsp3) is 0.500. The van der Waals surface area contributed by atoms with Crippen LogP contribution in [-0.4, -0.2) is 5.97 Å². The van der Waals surface area contributed by atoms with E-state index in [9.17, 15) is 4.79 Å². The van der Waals surface area contributed by atoms with Crippen molar-refractivity contribution in [2.24, 2.45) is 5.41 Å². The monoisotopic (exact) mass is 350 g/mol. The Kier molecular flexibility index (Phi) is 4.92. The fourth-order valence-corrected chi connectivity index (χ4v) is 3.55. The first-order valence-electron chi connectivity index (χ1n) is 7.48. The van der Waals surface area contributed by atoms with Gasteiger partial charge in [-0.3, -0.25) is 4.79 Å². The van der Waals surface area contributed by atoms with Crippen LogP contribution < -0.4 is 4.74 Å². The van der Waals surface area contributed by atoms with Crippen molar-refractivity contribution in [3.63, 3.8) is 0 Å². The van der Waals surface area contributed by atoms with Crippen LogP contribution in [0.3, 0.4) is 0 Å². The second kappa shape index (κ2) is 6.35. The normalized spacial score (nSPS) is 18.0. The molecule has 1 aromatic rings. The average Bonchev–Trinajstić information content (AvgIpc) is 2.37. The van der Waals surface area contributed by atoms with Crippen molar-refractivity contribution in [2.45, 2.75) is 52.4 Å². The van der Waals surface area contributed by atoms with E-state index in [1.807, 2.05) is 39.0 Å². The molecule has 3 heteroatoms. The van der Waals surface area contributed by atoms with E-state index >= 15 is 0 Å². The Balaban J connectivity index is 2.31. The van der Waals surface area contributed by atoms with Gasteiger partial charge in [0.05, 0.1) is 5.41 Å². The lowest BCUT2D eigenvalue weighted by Crippen LogP contribution is -2.25. The van der Waals surface area contributed by atoms with Gasteiger partial charge in [0.15, 0.2) is 0 Å². The van der Waals surface area contributed by atoms with Gasteiger partial charge in [0, 0.05) is 4.47 Å². The molecular weight excluding hydrogens is 328 g/mol. The third-order valence-corrected chi connectivity index (χ3v) is 4.53. The summed E-state index contributed by atoms with van der Waals surface area (Å²) in [7, 11) is 0. The Morgan fingerprint density at radius 1 is 1.48 bits per heavy atom. The standard InChI is InChI=1S/C18H23BrO2/c1-5-7-12-8-6-9-13-10-14(11-15(19)16(12)13)21-17(20)18(2,3)4/h5,10-12H,1,6-9H2,2-4H3. The van der Waals surface area contributed by atoms with Gasteiger partial charge >= 0.3 is 5.97 Å². The molecule has 0 spiro atoms. The van der Waals surface area contributed by atoms with E-state index in [0.29, 0.717) is 11.7 Å². The zero-order chi connectivity index (χ0) is 15.6. The molecule has 0 bridgehead atoms. The molecule has 1 atom stereocenters. The highest BCUT2D eigenvalue weighted by Crippen LogP contribution is 2.41. The van der Waals surface area contributed by atoms with Crippen LogP contribution in [0, 0.1) is 5.41 Å². The number of carbonyl (C=O) groups is 1. The molecule has 21 heavy (non-hydrogen) atoms. The second-order valence-corrected chi connectivity index (χ2v) is 7.59. The van der Waals surface area contributed by atoms with Crippen molar-refractivity contribution in [1.29, 1.82) is 0 Å². The highest BCUT2D eigenvalue weighted by atomic mass is 79.9. The molecular formula is C18H23BrO2. The van der Waals surface area contributed by atoms with Gasteiger partial charge in [-0.15, -0.1) is 6.58 Å². The average molecular weight is 351 g/mol. The van der Waals surface area contributed by atoms with E-state index in [4.69, 9.17) is 4.74 Å². The van der Waals surface area contributed by atoms with Gasteiger partial charge in [-0.1, -0.05) is 22.0 Å². The summed E-state index contributed by atoms with van der Waals surface area (Å²) in [6.45, 7) is 9.45. The maximum atomic E-state index is 12.0. The minimum atomic E-state index is -0.492. The first-order chi connectivity index (χ1) is 9.82. The highest BCUT2D eigenvalue weighted by molar-refractivity contribution is 9.10. The van der Waals surface area contributed by atoms with Gasteiger partial charge in [0.1, 0.15) is 5.75 Å². The van der Waals surface area contributed by atoms with Crippen molar-refractivity contribution < 1.29 is 9.53 Å². The van der Waals surface area contributed by atoms with E-state index in [2.05, 4.69) is 22.5 Å². The van der Waals surface area contributed by atoms with Crippen LogP contribution in [0.4, 0.5) is 0 Å². The number of benzene rings is 1. The molecule has 0 heterocycles. The number of hydrogen-bond donors (Lipinski definition) is 0. The quantitative estimate of drug-likeness (QED) is 0.414. The molecule has 0 amide bonds. The van der Waals surface area contributed by atoms with Gasteiger partial charge in [-0.25, -0.2) is 0 Å². The zero-order valence-corrected chi connectivity index (χ0v) is 14.6. The minimum absolute atomic E-state index is 0.201. The van der Waals surface area contributed by atoms with E-state index in [0.717, 1.165) is 17.3 Å². The number of carbonyl (C=O) groups excluding carboxylic acids is 1. The lowest BCUT2D eigenvalue weighted by molar-refractivity contribution is -0.143. The molecule has 2 rings (SSSR count). The van der Waals surface area contributed by atoms with E-state index in [1.165, 1.54) is 24.0 Å². The SMILES string of the molecule is C=CCC1CCCc2cc(OC(=O)C(C)(C)C)cc(Br)c21. The molecule has 0 saturated carbocycles. The highest BCUT2D eigenvalue weighted by Gasteiger charge is 2.26. The molecule has 0 aromatic heterocycles. The molecule has 1 aliphatic rings. The summed E-state index contributed by atoms with van der Waals surface area (Å²) in [4.78, 5) is 12.0. The summed E-state index contributed by atoms with van der Waals surface area (Å²) < 4.78 is 6.58. The fourth-order valence-electron chi connectivity index (χ4n) is 2.75. The molecule has 1 aromatic carbocycles. The zero-order valence-electron chi connectivity index (χ0n) is 13.0. The van der Waals surface area contributed by atoms with Gasteiger partial charge in [-0.2, -0.15) is 0 Å². The Labute approximate surface area is 135 Å². The molecule has 0 radical (unpaired) electrons. The number of esters is 1. The Morgan fingerprint density at radius 3 is 2.81 bits per heavy atom. The number of rotatable bonds is 3.